The topological polar surface area (TPSA) is 86.3 Å². The van der Waals surface area contributed by atoms with Crippen LogP contribution in [0.3, 0.4) is 0 Å². The zero-order valence-electron chi connectivity index (χ0n) is 12.2. The molecule has 2 aromatic rings. The monoisotopic (exact) mass is 319 g/mol. The molecule has 0 saturated heterocycles. The van der Waals surface area contributed by atoms with E-state index in [1.165, 1.54) is 0 Å². The molecule has 1 unspecified atom stereocenters. The van der Waals surface area contributed by atoms with Crippen molar-refractivity contribution in [2.24, 2.45) is 5.92 Å². The Morgan fingerprint density at radius 2 is 2.32 bits per heavy atom. The van der Waals surface area contributed by atoms with Crippen molar-refractivity contribution in [3.63, 3.8) is 0 Å². The lowest BCUT2D eigenvalue weighted by molar-refractivity contribution is -0.141. The highest BCUT2D eigenvalue weighted by Crippen LogP contribution is 2.30. The van der Waals surface area contributed by atoms with Crippen LogP contribution in [0.4, 0.5) is 0 Å². The molecule has 2 aromatic heterocycles. The van der Waals surface area contributed by atoms with E-state index in [9.17, 15) is 9.59 Å². The lowest BCUT2D eigenvalue weighted by Crippen LogP contribution is -2.38. The van der Waals surface area contributed by atoms with Gasteiger partial charge < -0.3 is 10.0 Å². The Kier molecular flexibility index (Phi) is 3.98. The maximum Gasteiger partial charge on any atom is 0.308 e. The predicted molar refractivity (Wildman–Crippen MR) is 82.8 cm³/mol. The number of aromatic amines is 1. The number of rotatable bonds is 6. The van der Waals surface area contributed by atoms with E-state index in [1.54, 1.807) is 29.2 Å². The average molecular weight is 319 g/mol. The third kappa shape index (κ3) is 3.04. The van der Waals surface area contributed by atoms with Crippen LogP contribution < -0.4 is 0 Å². The zero-order valence-corrected chi connectivity index (χ0v) is 13.0. The van der Waals surface area contributed by atoms with E-state index in [1.807, 2.05) is 17.5 Å². The minimum atomic E-state index is -0.889. The van der Waals surface area contributed by atoms with Gasteiger partial charge in [0.2, 0.25) is 0 Å². The van der Waals surface area contributed by atoms with E-state index < -0.39 is 11.9 Å². The molecule has 1 saturated carbocycles. The van der Waals surface area contributed by atoms with Crippen LogP contribution in [0.5, 0.6) is 0 Å². The molecular formula is C15H17N3O3S. The lowest BCUT2D eigenvalue weighted by atomic mass is 10.1. The summed E-state index contributed by atoms with van der Waals surface area (Å²) in [5.41, 5.74) is 1.15. The molecular weight excluding hydrogens is 302 g/mol. The van der Waals surface area contributed by atoms with Gasteiger partial charge in [-0.25, -0.2) is 0 Å². The molecule has 3 rings (SSSR count). The van der Waals surface area contributed by atoms with Crippen molar-refractivity contribution in [2.75, 3.05) is 6.54 Å². The Morgan fingerprint density at radius 3 is 2.91 bits per heavy atom. The summed E-state index contributed by atoms with van der Waals surface area (Å²) >= 11 is 1.57. The number of amides is 1. The number of hydrogen-bond donors (Lipinski definition) is 2. The maximum atomic E-state index is 12.6. The second kappa shape index (κ2) is 5.92. The molecule has 2 N–H and O–H groups in total. The number of nitrogens with one attached hydrogen (secondary N) is 1. The standard InChI is InChI=1S/C15H17N3O3S/c1-9(15(20)21)8-18(10-4-5-10)14(19)12-7-11(16-17-12)13-3-2-6-22-13/h2-3,6-7,9-10H,4-5,8H2,1H3,(H,16,17)(H,20,21). The van der Waals surface area contributed by atoms with Crippen molar-refractivity contribution >= 4 is 23.2 Å². The number of carboxylic acid groups (broad SMARTS) is 1. The first-order chi connectivity index (χ1) is 10.6. The van der Waals surface area contributed by atoms with Gasteiger partial charge in [-0.2, -0.15) is 5.10 Å². The van der Waals surface area contributed by atoms with Crippen LogP contribution in [0.2, 0.25) is 0 Å². The minimum Gasteiger partial charge on any atom is -0.481 e. The third-order valence-electron chi connectivity index (χ3n) is 3.72. The fourth-order valence-corrected chi connectivity index (χ4v) is 2.99. The first-order valence-corrected chi connectivity index (χ1v) is 8.07. The lowest BCUT2D eigenvalue weighted by Gasteiger charge is -2.23. The Morgan fingerprint density at radius 1 is 1.55 bits per heavy atom. The number of carboxylic acids is 1. The third-order valence-corrected chi connectivity index (χ3v) is 4.63. The van der Waals surface area contributed by atoms with Gasteiger partial charge in [-0.15, -0.1) is 11.3 Å². The predicted octanol–water partition coefficient (Wildman–Crippen LogP) is 2.46. The molecule has 0 aromatic carbocycles. The van der Waals surface area contributed by atoms with E-state index in [0.29, 0.717) is 5.69 Å². The summed E-state index contributed by atoms with van der Waals surface area (Å²) in [5.74, 6) is -1.67. The number of nitrogens with zero attached hydrogens (tertiary/aromatic N) is 2. The normalized spacial score (nSPS) is 15.5. The molecule has 1 aliphatic carbocycles. The van der Waals surface area contributed by atoms with Crippen molar-refractivity contribution in [1.29, 1.82) is 0 Å². The largest absolute Gasteiger partial charge is 0.481 e. The molecule has 7 heteroatoms. The number of aliphatic carboxylic acids is 1. The first kappa shape index (κ1) is 14.8. The fraction of sp³-hybridized carbons (Fsp3) is 0.400. The van der Waals surface area contributed by atoms with Crippen LogP contribution in [-0.2, 0) is 4.79 Å². The van der Waals surface area contributed by atoms with E-state index >= 15 is 0 Å². The first-order valence-electron chi connectivity index (χ1n) is 7.19. The molecule has 0 spiro atoms. The molecule has 1 atom stereocenters. The summed E-state index contributed by atoms with van der Waals surface area (Å²) in [6.07, 6.45) is 1.86. The SMILES string of the molecule is CC(CN(C(=O)c1cc(-c2cccs2)[nH]n1)C1CC1)C(=O)O. The summed E-state index contributed by atoms with van der Waals surface area (Å²) in [7, 11) is 0. The van der Waals surface area contributed by atoms with Gasteiger partial charge in [0.1, 0.15) is 0 Å². The maximum absolute atomic E-state index is 12.6. The smallest absolute Gasteiger partial charge is 0.308 e. The quantitative estimate of drug-likeness (QED) is 0.856. The highest BCUT2D eigenvalue weighted by Gasteiger charge is 2.35. The molecule has 22 heavy (non-hydrogen) atoms. The molecule has 1 amide bonds. The van der Waals surface area contributed by atoms with Gasteiger partial charge in [-0.3, -0.25) is 14.7 Å². The van der Waals surface area contributed by atoms with Crippen molar-refractivity contribution < 1.29 is 14.7 Å². The molecule has 1 aliphatic rings. The van der Waals surface area contributed by atoms with Crippen LogP contribution in [0.15, 0.2) is 23.6 Å². The van der Waals surface area contributed by atoms with Gasteiger partial charge in [0.05, 0.1) is 16.5 Å². The van der Waals surface area contributed by atoms with Gasteiger partial charge in [0.25, 0.3) is 5.91 Å². The summed E-state index contributed by atoms with van der Waals surface area (Å²) < 4.78 is 0. The summed E-state index contributed by atoms with van der Waals surface area (Å²) in [5, 5.41) is 18.0. The van der Waals surface area contributed by atoms with E-state index in [-0.39, 0.29) is 18.5 Å². The number of hydrogen-bond acceptors (Lipinski definition) is 4. The number of thiophene rings is 1. The molecule has 0 bridgehead atoms. The molecule has 116 valence electrons. The Labute approximate surface area is 131 Å². The second-order valence-corrected chi connectivity index (χ2v) is 6.52. The number of aromatic nitrogens is 2. The van der Waals surface area contributed by atoms with Crippen LogP contribution in [0.1, 0.15) is 30.3 Å². The number of H-pyrrole nitrogens is 1. The van der Waals surface area contributed by atoms with Gasteiger partial charge in [0.15, 0.2) is 5.69 Å². The van der Waals surface area contributed by atoms with E-state index in [4.69, 9.17) is 5.11 Å². The summed E-state index contributed by atoms with van der Waals surface area (Å²) in [6, 6.07) is 5.77. The number of carbonyl (C=O) groups is 2. The van der Waals surface area contributed by atoms with Crippen LogP contribution in [0, 0.1) is 5.92 Å². The Bertz CT molecular complexity index is 676. The molecule has 0 aliphatic heterocycles. The molecule has 6 nitrogen and oxygen atoms in total. The van der Waals surface area contributed by atoms with Crippen LogP contribution in [0.25, 0.3) is 10.6 Å². The van der Waals surface area contributed by atoms with Crippen molar-refractivity contribution in [2.45, 2.75) is 25.8 Å². The fourth-order valence-electron chi connectivity index (χ4n) is 2.29. The molecule has 0 radical (unpaired) electrons. The van der Waals surface area contributed by atoms with Crippen molar-refractivity contribution in [1.82, 2.24) is 15.1 Å². The van der Waals surface area contributed by atoms with Gasteiger partial charge >= 0.3 is 5.97 Å². The van der Waals surface area contributed by atoms with E-state index in [2.05, 4.69) is 10.2 Å². The highest BCUT2D eigenvalue weighted by atomic mass is 32.1. The van der Waals surface area contributed by atoms with Crippen LogP contribution >= 0.6 is 11.3 Å². The summed E-state index contributed by atoms with van der Waals surface area (Å²) in [6.45, 7) is 1.84. The Balaban J connectivity index is 1.77. The zero-order chi connectivity index (χ0) is 15.7. The Hall–Kier alpha value is -2.15. The van der Waals surface area contributed by atoms with Crippen LogP contribution in [-0.4, -0.2) is 44.7 Å². The molecule has 1 fully saturated rings. The molecule has 2 heterocycles. The number of carbonyl (C=O) groups excluding carboxylic acids is 1. The van der Waals surface area contributed by atoms with Crippen molar-refractivity contribution in [3.05, 3.63) is 29.3 Å². The average Bonchev–Trinajstić information content (AvgIpc) is 3.01. The second-order valence-electron chi connectivity index (χ2n) is 5.57. The van der Waals surface area contributed by atoms with E-state index in [0.717, 1.165) is 23.4 Å². The van der Waals surface area contributed by atoms with Crippen molar-refractivity contribution in [3.8, 4) is 10.6 Å². The van der Waals surface area contributed by atoms with Gasteiger partial charge in [-0.05, 0) is 30.4 Å². The minimum absolute atomic E-state index is 0.149. The van der Waals surface area contributed by atoms with Gasteiger partial charge in [0, 0.05) is 12.6 Å². The summed E-state index contributed by atoms with van der Waals surface area (Å²) in [4.78, 5) is 26.3. The highest BCUT2D eigenvalue weighted by molar-refractivity contribution is 7.13. The van der Waals surface area contributed by atoms with Gasteiger partial charge in [-0.1, -0.05) is 13.0 Å².